The van der Waals surface area contributed by atoms with Crippen LogP contribution in [0.4, 0.5) is 0 Å². The molecule has 0 aromatic heterocycles. The lowest BCUT2D eigenvalue weighted by Gasteiger charge is -2.17. The van der Waals surface area contributed by atoms with Gasteiger partial charge in [0.15, 0.2) is 0 Å². The number of hydrogen-bond donors (Lipinski definition) is 4. The Morgan fingerprint density at radius 1 is 0.556 bits per heavy atom. The zero-order valence-electron chi connectivity index (χ0n) is 18.5. The first-order valence-corrected chi connectivity index (χ1v) is 12.4. The van der Waals surface area contributed by atoms with Gasteiger partial charge in [-0.3, -0.25) is 0 Å². The van der Waals surface area contributed by atoms with Crippen LogP contribution in [-0.4, -0.2) is 20.4 Å². The van der Waals surface area contributed by atoms with Crippen LogP contribution in [0.25, 0.3) is 33.4 Å². The molecule has 0 saturated heterocycles. The molecule has 182 valence electrons. The van der Waals surface area contributed by atoms with Gasteiger partial charge in [-0.2, -0.15) is 0 Å². The first kappa shape index (κ1) is 24.7. The van der Waals surface area contributed by atoms with Crippen LogP contribution >= 0.6 is 46.4 Å². The van der Waals surface area contributed by atoms with Crippen LogP contribution < -0.4 is 0 Å². The van der Waals surface area contributed by atoms with Crippen molar-refractivity contribution in [3.05, 3.63) is 91.9 Å². The summed E-state index contributed by atoms with van der Waals surface area (Å²) in [5, 5.41) is 43.3. The fourth-order valence-electron chi connectivity index (χ4n) is 4.42. The average molecular weight is 560 g/mol. The smallest absolute Gasteiger partial charge is 0.142 e. The van der Waals surface area contributed by atoms with Gasteiger partial charge in [-0.1, -0.05) is 58.5 Å². The summed E-state index contributed by atoms with van der Waals surface area (Å²) in [5.74, 6) is -0.359. The first-order chi connectivity index (χ1) is 17.1. The summed E-state index contributed by atoms with van der Waals surface area (Å²) < 4.78 is 0. The molecule has 0 fully saturated rings. The third-order valence-corrected chi connectivity index (χ3v) is 7.58. The molecule has 4 N–H and O–H groups in total. The topological polar surface area (TPSA) is 80.9 Å². The fraction of sp³-hybridized carbons (Fsp3) is 0.0714. The van der Waals surface area contributed by atoms with E-state index in [0.29, 0.717) is 56.8 Å². The highest BCUT2D eigenvalue weighted by atomic mass is 35.5. The Bertz CT molecular complexity index is 1580. The molecule has 36 heavy (non-hydrogen) atoms. The Kier molecular flexibility index (Phi) is 6.48. The number of phenols is 4. The highest BCUT2D eigenvalue weighted by Gasteiger charge is 2.20. The molecule has 4 aromatic carbocycles. The second-order valence-electron chi connectivity index (χ2n) is 8.52. The molecular formula is C28H18Cl4O4. The van der Waals surface area contributed by atoms with Gasteiger partial charge in [0.1, 0.15) is 23.0 Å². The molecule has 0 spiro atoms. The standard InChI is InChI=1S/C28H18Cl4O4/c29-21-9-14-8-19(28(36)23(31)10-14)17-7-13(2-5-24(17)33)1-3-16-15(4-6-25(34)27(16)32)18-11-22(30)20(21)12-26(18)35/h2,4-12,33-36H,1,3H2. The quantitative estimate of drug-likeness (QED) is 0.174. The number of halogens is 4. The zero-order chi connectivity index (χ0) is 25.7. The van der Waals surface area contributed by atoms with Crippen LogP contribution in [0.15, 0.2) is 54.6 Å². The van der Waals surface area contributed by atoms with Crippen LogP contribution in [0.3, 0.4) is 0 Å². The van der Waals surface area contributed by atoms with E-state index in [-0.39, 0.29) is 38.1 Å². The van der Waals surface area contributed by atoms with Crippen molar-refractivity contribution < 1.29 is 20.4 Å². The van der Waals surface area contributed by atoms with Gasteiger partial charge in [-0.25, -0.2) is 0 Å². The Morgan fingerprint density at radius 2 is 1.28 bits per heavy atom. The summed E-state index contributed by atoms with van der Waals surface area (Å²) in [6, 6.07) is 14.5. The van der Waals surface area contributed by atoms with E-state index in [1.165, 1.54) is 12.1 Å². The maximum absolute atomic E-state index is 10.9. The lowest BCUT2D eigenvalue weighted by Crippen LogP contribution is -1.98. The second kappa shape index (κ2) is 9.45. The van der Waals surface area contributed by atoms with Gasteiger partial charge in [-0.15, -0.1) is 0 Å². The molecule has 0 aliphatic heterocycles. The molecule has 2 aliphatic carbocycles. The van der Waals surface area contributed by atoms with E-state index in [9.17, 15) is 20.4 Å². The number of aromatic hydroxyl groups is 4. The van der Waals surface area contributed by atoms with Crippen molar-refractivity contribution in [1.29, 1.82) is 0 Å². The molecule has 0 radical (unpaired) electrons. The van der Waals surface area contributed by atoms with Gasteiger partial charge in [0.2, 0.25) is 0 Å². The molecule has 6 bridgehead atoms. The average Bonchev–Trinajstić information content (AvgIpc) is 2.84. The fourth-order valence-corrected chi connectivity index (χ4v) is 5.51. The molecule has 0 heterocycles. The number of rotatable bonds is 0. The first-order valence-electron chi connectivity index (χ1n) is 10.9. The summed E-state index contributed by atoms with van der Waals surface area (Å²) in [4.78, 5) is 0. The second-order valence-corrected chi connectivity index (χ2v) is 10.1. The van der Waals surface area contributed by atoms with Crippen LogP contribution in [0.5, 0.6) is 23.0 Å². The summed E-state index contributed by atoms with van der Waals surface area (Å²) in [6.45, 7) is 0. The Labute approximate surface area is 227 Å². The predicted molar refractivity (Wildman–Crippen MR) is 147 cm³/mol. The molecular weight excluding hydrogens is 542 g/mol. The van der Waals surface area contributed by atoms with Gasteiger partial charge in [-0.05, 0) is 83.6 Å². The van der Waals surface area contributed by atoms with Crippen molar-refractivity contribution in [3.63, 3.8) is 0 Å². The van der Waals surface area contributed by atoms with Gasteiger partial charge >= 0.3 is 0 Å². The molecule has 6 rings (SSSR count). The summed E-state index contributed by atoms with van der Waals surface area (Å²) in [7, 11) is 0. The van der Waals surface area contributed by atoms with E-state index in [0.717, 1.165) is 5.56 Å². The maximum atomic E-state index is 10.9. The van der Waals surface area contributed by atoms with E-state index in [1.54, 1.807) is 48.5 Å². The van der Waals surface area contributed by atoms with Crippen LogP contribution in [-0.2, 0) is 12.8 Å². The predicted octanol–water partition coefficient (Wildman–Crippen LogP) is 8.64. The van der Waals surface area contributed by atoms with Crippen LogP contribution in [0, 0.1) is 0 Å². The number of hydrogen-bond acceptors (Lipinski definition) is 4. The van der Waals surface area contributed by atoms with Gasteiger partial charge in [0, 0.05) is 22.3 Å². The third-order valence-electron chi connectivity index (χ3n) is 6.25. The SMILES string of the molecule is Oc1ccc2cc1-c1cc(cc(Cl)c1O)C=C(Cl)c1cc(O)c(cc1Cl)-c1ccc(O)c(Cl)c1CC2. The van der Waals surface area contributed by atoms with Crippen molar-refractivity contribution in [2.75, 3.05) is 0 Å². The minimum Gasteiger partial charge on any atom is -0.507 e. The third kappa shape index (κ3) is 4.35. The summed E-state index contributed by atoms with van der Waals surface area (Å²) in [5.41, 5.74) is 4.18. The molecule has 4 nitrogen and oxygen atoms in total. The summed E-state index contributed by atoms with van der Waals surface area (Å²) >= 11 is 26.0. The van der Waals surface area contributed by atoms with Crippen molar-refractivity contribution in [2.24, 2.45) is 0 Å². The lowest BCUT2D eigenvalue weighted by molar-refractivity contribution is 0.469. The lowest BCUT2D eigenvalue weighted by atomic mass is 9.91. The molecule has 0 atom stereocenters. The van der Waals surface area contributed by atoms with Crippen molar-refractivity contribution in [2.45, 2.75) is 12.8 Å². The molecule has 2 aliphatic rings. The molecule has 8 heteroatoms. The Morgan fingerprint density at radius 3 is 2.06 bits per heavy atom. The monoisotopic (exact) mass is 558 g/mol. The summed E-state index contributed by atoms with van der Waals surface area (Å²) in [6.07, 6.45) is 2.49. The largest absolute Gasteiger partial charge is 0.507 e. The van der Waals surface area contributed by atoms with E-state index >= 15 is 0 Å². The number of benzene rings is 4. The van der Waals surface area contributed by atoms with E-state index in [4.69, 9.17) is 46.4 Å². The minimum atomic E-state index is -0.183. The van der Waals surface area contributed by atoms with Crippen LogP contribution in [0.1, 0.15) is 22.3 Å². The van der Waals surface area contributed by atoms with Gasteiger partial charge < -0.3 is 20.4 Å². The zero-order valence-corrected chi connectivity index (χ0v) is 21.5. The highest BCUT2D eigenvalue weighted by molar-refractivity contribution is 6.53. The number of aryl methyl sites for hydroxylation is 1. The van der Waals surface area contributed by atoms with E-state index in [1.807, 2.05) is 0 Å². The molecule has 0 amide bonds. The van der Waals surface area contributed by atoms with Crippen molar-refractivity contribution >= 4 is 57.5 Å². The Hall–Kier alpha value is -3.02. The molecule has 4 aromatic rings. The van der Waals surface area contributed by atoms with Crippen molar-refractivity contribution in [3.8, 4) is 45.3 Å². The molecule has 0 saturated carbocycles. The van der Waals surface area contributed by atoms with E-state index in [2.05, 4.69) is 0 Å². The normalized spacial score (nSPS) is 12.8. The van der Waals surface area contributed by atoms with Gasteiger partial charge in [0.25, 0.3) is 0 Å². The minimum absolute atomic E-state index is 0.0302. The van der Waals surface area contributed by atoms with Crippen molar-refractivity contribution in [1.82, 2.24) is 0 Å². The van der Waals surface area contributed by atoms with E-state index < -0.39 is 0 Å². The number of fused-ring (bicyclic) bond motifs is 3. The van der Waals surface area contributed by atoms with Crippen LogP contribution in [0.2, 0.25) is 15.1 Å². The Balaban J connectivity index is 1.83. The maximum Gasteiger partial charge on any atom is 0.142 e. The molecule has 0 unspecified atom stereocenters. The highest BCUT2D eigenvalue weighted by Crippen LogP contribution is 2.45. The number of phenolic OH excluding ortho intramolecular Hbond substituents is 4. The van der Waals surface area contributed by atoms with Gasteiger partial charge in [0.05, 0.1) is 20.1 Å².